The number of carboxylic acid groups (broad SMARTS) is 1. The summed E-state index contributed by atoms with van der Waals surface area (Å²) in [5, 5.41) is 9.63. The van der Waals surface area contributed by atoms with Crippen LogP contribution in [0.2, 0.25) is 0 Å². The number of furan rings is 1. The molecular formula is C18H17NO6. The van der Waals surface area contributed by atoms with Gasteiger partial charge in [-0.3, -0.25) is 14.4 Å². The lowest BCUT2D eigenvalue weighted by molar-refractivity contribution is -0.152. The fourth-order valence-electron chi connectivity index (χ4n) is 5.25. The molecule has 1 spiro atoms. The Morgan fingerprint density at radius 2 is 2.20 bits per heavy atom. The van der Waals surface area contributed by atoms with E-state index in [0.717, 1.165) is 0 Å². The summed E-state index contributed by atoms with van der Waals surface area (Å²) < 4.78 is 11.5. The molecule has 0 aliphatic carbocycles. The summed E-state index contributed by atoms with van der Waals surface area (Å²) in [6.45, 7) is 1.79. The van der Waals surface area contributed by atoms with Gasteiger partial charge in [-0.25, -0.2) is 0 Å². The van der Waals surface area contributed by atoms with Crippen LogP contribution in [-0.4, -0.2) is 45.4 Å². The molecule has 5 heterocycles. The summed E-state index contributed by atoms with van der Waals surface area (Å²) >= 11 is 0. The van der Waals surface area contributed by atoms with Crippen LogP contribution in [0.1, 0.15) is 25.1 Å². The van der Waals surface area contributed by atoms with Crippen molar-refractivity contribution in [3.8, 4) is 0 Å². The number of ketones is 1. The normalized spacial score (nSPS) is 44.3. The lowest BCUT2D eigenvalue weighted by Crippen LogP contribution is -2.55. The van der Waals surface area contributed by atoms with Crippen LogP contribution in [-0.2, 0) is 19.1 Å². The van der Waals surface area contributed by atoms with E-state index >= 15 is 0 Å². The molecule has 3 saturated heterocycles. The number of amides is 1. The highest BCUT2D eigenvalue weighted by molar-refractivity contribution is 5.95. The number of hydrogen-bond donors (Lipinski definition) is 1. The number of fused-ring (bicyclic) bond motifs is 2. The summed E-state index contributed by atoms with van der Waals surface area (Å²) in [6, 6.07) is 2.44. The Morgan fingerprint density at radius 1 is 1.40 bits per heavy atom. The van der Waals surface area contributed by atoms with Crippen molar-refractivity contribution >= 4 is 17.7 Å². The monoisotopic (exact) mass is 343 g/mol. The van der Waals surface area contributed by atoms with Gasteiger partial charge in [0, 0.05) is 12.3 Å². The van der Waals surface area contributed by atoms with Crippen molar-refractivity contribution < 1.29 is 28.6 Å². The molecule has 1 aromatic heterocycles. The fraction of sp³-hybridized carbons (Fsp3) is 0.500. The van der Waals surface area contributed by atoms with Crippen molar-refractivity contribution in [2.75, 3.05) is 0 Å². The van der Waals surface area contributed by atoms with Gasteiger partial charge in [0.1, 0.15) is 23.1 Å². The minimum absolute atomic E-state index is 0.0321. The van der Waals surface area contributed by atoms with Crippen molar-refractivity contribution in [1.29, 1.82) is 0 Å². The molecule has 25 heavy (non-hydrogen) atoms. The van der Waals surface area contributed by atoms with Gasteiger partial charge in [0.05, 0.1) is 30.4 Å². The minimum Gasteiger partial charge on any atom is -0.481 e. The molecule has 0 aromatic carbocycles. The molecule has 3 fully saturated rings. The van der Waals surface area contributed by atoms with E-state index in [-0.39, 0.29) is 18.1 Å². The van der Waals surface area contributed by atoms with E-state index in [9.17, 15) is 19.5 Å². The Hall–Kier alpha value is -2.41. The van der Waals surface area contributed by atoms with E-state index in [1.807, 2.05) is 0 Å². The van der Waals surface area contributed by atoms with Crippen molar-refractivity contribution in [1.82, 2.24) is 4.90 Å². The van der Waals surface area contributed by atoms with E-state index in [4.69, 9.17) is 9.15 Å². The third-order valence-electron chi connectivity index (χ3n) is 6.24. The first-order valence-electron chi connectivity index (χ1n) is 8.44. The molecule has 4 aliphatic heterocycles. The van der Waals surface area contributed by atoms with Crippen LogP contribution in [0.3, 0.4) is 0 Å². The van der Waals surface area contributed by atoms with E-state index in [1.54, 1.807) is 36.1 Å². The minimum atomic E-state index is -1.04. The highest BCUT2D eigenvalue weighted by Crippen LogP contribution is 2.59. The van der Waals surface area contributed by atoms with Gasteiger partial charge in [0.25, 0.3) is 0 Å². The van der Waals surface area contributed by atoms with Crippen LogP contribution in [0.5, 0.6) is 0 Å². The average molecular weight is 343 g/mol. The van der Waals surface area contributed by atoms with Crippen LogP contribution in [0.4, 0.5) is 0 Å². The second-order valence-corrected chi connectivity index (χ2v) is 7.32. The molecule has 1 N–H and O–H groups in total. The fourth-order valence-corrected chi connectivity index (χ4v) is 5.25. The molecule has 7 atom stereocenters. The van der Waals surface area contributed by atoms with Crippen molar-refractivity contribution in [2.45, 2.75) is 37.1 Å². The predicted molar refractivity (Wildman–Crippen MR) is 82.2 cm³/mol. The standard InChI is InChI=1S/C18H17NO6/c1-8-10(20)7-9(11-3-2-6-24-11)19-15(8)18-5-4-12(25-18)13(17(22)23)14(18)16(19)21/h2-6,8-9,12-15H,7H2,1H3,(H,22,23)/t8?,9?,12-,13?,14?,15?,18-/m0/s1. The largest absolute Gasteiger partial charge is 0.481 e. The van der Waals surface area contributed by atoms with Crippen LogP contribution < -0.4 is 0 Å². The quantitative estimate of drug-likeness (QED) is 0.810. The predicted octanol–water partition coefficient (Wildman–Crippen LogP) is 1.16. The van der Waals surface area contributed by atoms with E-state index in [1.165, 1.54) is 6.26 Å². The molecule has 5 rings (SSSR count). The zero-order valence-corrected chi connectivity index (χ0v) is 13.5. The lowest BCUT2D eigenvalue weighted by Gasteiger charge is -2.43. The molecule has 1 amide bonds. The summed E-state index contributed by atoms with van der Waals surface area (Å²) in [5.41, 5.74) is -1.04. The maximum Gasteiger partial charge on any atom is 0.310 e. The summed E-state index contributed by atoms with van der Waals surface area (Å²) in [4.78, 5) is 39.3. The first kappa shape index (κ1) is 14.9. The Balaban J connectivity index is 1.67. The van der Waals surface area contributed by atoms with Gasteiger partial charge in [-0.15, -0.1) is 0 Å². The van der Waals surface area contributed by atoms with Gasteiger partial charge in [-0.2, -0.15) is 0 Å². The van der Waals surface area contributed by atoms with Crippen LogP contribution in [0, 0.1) is 17.8 Å². The summed E-state index contributed by atoms with van der Waals surface area (Å²) in [5.74, 6) is -2.85. The van der Waals surface area contributed by atoms with Crippen LogP contribution in [0.15, 0.2) is 35.0 Å². The number of carbonyl (C=O) groups is 3. The zero-order valence-electron chi connectivity index (χ0n) is 13.5. The zero-order chi connectivity index (χ0) is 17.5. The first-order chi connectivity index (χ1) is 12.0. The number of hydrogen-bond acceptors (Lipinski definition) is 5. The van der Waals surface area contributed by atoms with Crippen molar-refractivity contribution in [3.63, 3.8) is 0 Å². The van der Waals surface area contributed by atoms with E-state index < -0.39 is 47.5 Å². The molecule has 130 valence electrons. The third-order valence-corrected chi connectivity index (χ3v) is 6.24. The van der Waals surface area contributed by atoms with Gasteiger partial charge in [0.2, 0.25) is 5.91 Å². The Morgan fingerprint density at radius 3 is 2.88 bits per heavy atom. The number of aliphatic carboxylic acids is 1. The third kappa shape index (κ3) is 1.62. The maximum absolute atomic E-state index is 13.3. The second-order valence-electron chi connectivity index (χ2n) is 7.32. The van der Waals surface area contributed by atoms with Crippen molar-refractivity contribution in [3.05, 3.63) is 36.3 Å². The van der Waals surface area contributed by atoms with Gasteiger partial charge in [0.15, 0.2) is 0 Å². The molecule has 0 radical (unpaired) electrons. The van der Waals surface area contributed by atoms with Gasteiger partial charge in [-0.05, 0) is 12.1 Å². The number of nitrogens with zero attached hydrogens (tertiary/aromatic N) is 1. The second kappa shape index (κ2) is 4.60. The van der Waals surface area contributed by atoms with E-state index in [2.05, 4.69) is 0 Å². The smallest absolute Gasteiger partial charge is 0.310 e. The first-order valence-corrected chi connectivity index (χ1v) is 8.44. The number of Topliss-reactive ketones (excluding diaryl/α,β-unsaturated/α-hetero) is 1. The SMILES string of the molecule is CC1C(=O)CC(c2ccco2)N2C(=O)C3C(C(=O)O)[C@@H]4C=C[C@@]3(O4)C12. The summed E-state index contributed by atoms with van der Waals surface area (Å²) in [7, 11) is 0. The van der Waals surface area contributed by atoms with Gasteiger partial charge >= 0.3 is 5.97 Å². The van der Waals surface area contributed by atoms with Crippen molar-refractivity contribution in [2.24, 2.45) is 17.8 Å². The molecule has 0 saturated carbocycles. The Bertz CT molecular complexity index is 814. The molecule has 2 bridgehead atoms. The van der Waals surface area contributed by atoms with Crippen LogP contribution >= 0.6 is 0 Å². The molecule has 4 aliphatic rings. The Kier molecular flexibility index (Phi) is 2.74. The average Bonchev–Trinajstić information content (AvgIpc) is 3.32. The maximum atomic E-state index is 13.3. The number of ether oxygens (including phenoxy) is 1. The number of piperidine rings is 1. The topological polar surface area (TPSA) is 97.1 Å². The molecule has 7 heteroatoms. The Labute approximate surface area is 143 Å². The molecule has 7 nitrogen and oxygen atoms in total. The molecule has 5 unspecified atom stereocenters. The number of carboxylic acids is 1. The number of carbonyl (C=O) groups excluding carboxylic acids is 2. The van der Waals surface area contributed by atoms with E-state index in [0.29, 0.717) is 5.76 Å². The summed E-state index contributed by atoms with van der Waals surface area (Å²) in [6.07, 6.45) is 4.59. The number of rotatable bonds is 2. The van der Waals surface area contributed by atoms with Gasteiger partial charge < -0.3 is 19.2 Å². The van der Waals surface area contributed by atoms with Gasteiger partial charge in [-0.1, -0.05) is 19.1 Å². The highest BCUT2D eigenvalue weighted by atomic mass is 16.5. The molecular weight excluding hydrogens is 326 g/mol. The van der Waals surface area contributed by atoms with Crippen LogP contribution in [0.25, 0.3) is 0 Å². The lowest BCUT2D eigenvalue weighted by atomic mass is 9.71. The molecule has 1 aromatic rings. The highest BCUT2D eigenvalue weighted by Gasteiger charge is 2.74.